The number of aromatic nitrogens is 3. The number of alkyl halides is 3. The van der Waals surface area contributed by atoms with E-state index in [0.29, 0.717) is 4.90 Å². The molecule has 1 atom stereocenters. The van der Waals surface area contributed by atoms with E-state index in [4.69, 9.17) is 16.3 Å². The minimum atomic E-state index is -4.98. The summed E-state index contributed by atoms with van der Waals surface area (Å²) >= 11 is 6.19. The van der Waals surface area contributed by atoms with Gasteiger partial charge >= 0.3 is 12.1 Å². The molecule has 10 nitrogen and oxygen atoms in total. The van der Waals surface area contributed by atoms with Gasteiger partial charge in [0.25, 0.3) is 5.56 Å². The number of carbonyl (C=O) groups excluding carboxylic acids is 2. The average Bonchev–Trinajstić information content (AvgIpc) is 3.25. The van der Waals surface area contributed by atoms with Gasteiger partial charge in [0.15, 0.2) is 11.0 Å². The number of hydrogen-bond acceptors (Lipinski definition) is 6. The molecule has 1 saturated heterocycles. The number of H-pyrrole nitrogens is 1. The first-order valence-electron chi connectivity index (χ1n) is 11.8. The van der Waals surface area contributed by atoms with E-state index in [1.807, 2.05) is 31.3 Å². The molecular weight excluding hydrogens is 529 g/mol. The molecule has 0 bridgehead atoms. The van der Waals surface area contributed by atoms with Crippen molar-refractivity contribution in [2.24, 2.45) is 0 Å². The lowest BCUT2D eigenvalue weighted by molar-refractivity contribution is -0.190. The highest BCUT2D eigenvalue weighted by atomic mass is 35.5. The smallest absolute Gasteiger partial charge is 0.373 e. The quantitative estimate of drug-likeness (QED) is 0.413. The van der Waals surface area contributed by atoms with Crippen LogP contribution in [0.25, 0.3) is 10.9 Å². The first kappa shape index (κ1) is 27.5. The molecule has 1 aromatic carbocycles. The Bertz CT molecular complexity index is 1420. The van der Waals surface area contributed by atoms with E-state index in [1.54, 1.807) is 6.92 Å². The number of nitrogens with zero attached hydrogens (tertiary/aromatic N) is 3. The Balaban J connectivity index is 1.40. The average molecular weight is 555 g/mol. The van der Waals surface area contributed by atoms with Crippen LogP contribution in [0.15, 0.2) is 29.2 Å². The Kier molecular flexibility index (Phi) is 7.97. The van der Waals surface area contributed by atoms with E-state index in [2.05, 4.69) is 20.6 Å². The number of ether oxygens (including phenoxy) is 1. The van der Waals surface area contributed by atoms with Crippen molar-refractivity contribution in [2.75, 3.05) is 31.6 Å². The molecular formula is C24H26ClF3N6O4. The highest BCUT2D eigenvalue weighted by Crippen LogP contribution is 2.21. The highest BCUT2D eigenvalue weighted by Gasteiger charge is 2.43. The number of fused-ring (bicyclic) bond motifs is 1. The van der Waals surface area contributed by atoms with Gasteiger partial charge in [-0.2, -0.15) is 13.2 Å². The Labute approximate surface area is 220 Å². The van der Waals surface area contributed by atoms with Crippen LogP contribution < -0.4 is 16.2 Å². The third kappa shape index (κ3) is 6.10. The van der Waals surface area contributed by atoms with Crippen LogP contribution in [0.5, 0.6) is 0 Å². The van der Waals surface area contributed by atoms with Crippen molar-refractivity contribution >= 4 is 40.1 Å². The summed E-state index contributed by atoms with van der Waals surface area (Å²) in [6.07, 6.45) is -3.89. The minimum Gasteiger partial charge on any atom is -0.373 e. The number of aryl methyl sites for hydroxylation is 1. The molecule has 0 aliphatic carbocycles. The molecule has 3 aromatic rings. The molecule has 14 heteroatoms. The number of amides is 2. The van der Waals surface area contributed by atoms with E-state index in [-0.39, 0.29) is 56.0 Å². The highest BCUT2D eigenvalue weighted by molar-refractivity contribution is 6.30. The van der Waals surface area contributed by atoms with Crippen molar-refractivity contribution in [2.45, 2.75) is 39.2 Å². The Morgan fingerprint density at radius 1 is 1.29 bits per heavy atom. The molecule has 1 unspecified atom stereocenters. The molecule has 1 aliphatic heterocycles. The van der Waals surface area contributed by atoms with E-state index in [0.717, 1.165) is 26.6 Å². The number of halogens is 4. The second kappa shape index (κ2) is 11.0. The van der Waals surface area contributed by atoms with Gasteiger partial charge in [-0.15, -0.1) is 0 Å². The lowest BCUT2D eigenvalue weighted by Gasteiger charge is -2.33. The summed E-state index contributed by atoms with van der Waals surface area (Å²) in [5, 5.41) is 6.55. The summed E-state index contributed by atoms with van der Waals surface area (Å²) < 4.78 is 44.9. The Hall–Kier alpha value is -3.58. The predicted octanol–water partition coefficient (Wildman–Crippen LogP) is 2.51. The van der Waals surface area contributed by atoms with Gasteiger partial charge in [-0.3, -0.25) is 19.0 Å². The summed E-state index contributed by atoms with van der Waals surface area (Å²) in [4.78, 5) is 45.1. The number of nitrogens with one attached hydrogen (secondary N) is 3. The van der Waals surface area contributed by atoms with Crippen LogP contribution in [0.1, 0.15) is 16.8 Å². The Morgan fingerprint density at radius 2 is 2.05 bits per heavy atom. The summed E-state index contributed by atoms with van der Waals surface area (Å²) in [7, 11) is 0. The molecule has 0 spiro atoms. The van der Waals surface area contributed by atoms with Crippen molar-refractivity contribution in [3.05, 3.63) is 56.7 Å². The SMILES string of the molecule is Cc1c[nH]c2ccc(CNC(=O)Cn3c(C)c(Cl)nc(NCC4CN(C(=O)C(F)(F)F)CCO4)c3=O)cc12. The fraction of sp³-hybridized carbons (Fsp3) is 0.417. The zero-order valence-electron chi connectivity index (χ0n) is 20.6. The van der Waals surface area contributed by atoms with Crippen molar-refractivity contribution < 1.29 is 27.5 Å². The van der Waals surface area contributed by atoms with E-state index in [9.17, 15) is 27.6 Å². The van der Waals surface area contributed by atoms with Crippen LogP contribution in [-0.4, -0.2) is 69.8 Å². The van der Waals surface area contributed by atoms with Crippen LogP contribution in [0, 0.1) is 13.8 Å². The third-order valence-corrected chi connectivity index (χ3v) is 6.63. The van der Waals surface area contributed by atoms with Gasteiger partial charge in [-0.05, 0) is 37.1 Å². The van der Waals surface area contributed by atoms with E-state index < -0.39 is 29.7 Å². The molecule has 0 saturated carbocycles. The molecule has 204 valence electrons. The van der Waals surface area contributed by atoms with Gasteiger partial charge in [-0.1, -0.05) is 17.7 Å². The number of carbonyl (C=O) groups is 2. The van der Waals surface area contributed by atoms with Gasteiger partial charge in [-0.25, -0.2) is 4.98 Å². The van der Waals surface area contributed by atoms with Crippen LogP contribution in [0.2, 0.25) is 5.15 Å². The number of rotatable bonds is 7. The monoisotopic (exact) mass is 554 g/mol. The summed E-state index contributed by atoms with van der Waals surface area (Å²) in [6.45, 7) is 2.77. The predicted molar refractivity (Wildman–Crippen MR) is 134 cm³/mol. The summed E-state index contributed by atoms with van der Waals surface area (Å²) in [6, 6.07) is 5.78. The number of morpholine rings is 1. The second-order valence-corrected chi connectivity index (χ2v) is 9.34. The van der Waals surface area contributed by atoms with Gasteiger partial charge < -0.3 is 25.3 Å². The lowest BCUT2D eigenvalue weighted by atomic mass is 10.1. The van der Waals surface area contributed by atoms with Crippen molar-refractivity contribution in [3.63, 3.8) is 0 Å². The Morgan fingerprint density at radius 3 is 2.79 bits per heavy atom. The summed E-state index contributed by atoms with van der Waals surface area (Å²) in [5.74, 6) is -2.56. The van der Waals surface area contributed by atoms with E-state index in [1.165, 1.54) is 0 Å². The normalized spacial score (nSPS) is 16.1. The zero-order chi connectivity index (χ0) is 27.6. The number of anilines is 1. The van der Waals surface area contributed by atoms with Gasteiger partial charge in [0.05, 0.1) is 18.4 Å². The summed E-state index contributed by atoms with van der Waals surface area (Å²) in [5.41, 5.74) is 2.60. The largest absolute Gasteiger partial charge is 0.471 e. The molecule has 2 amide bonds. The maximum Gasteiger partial charge on any atom is 0.471 e. The maximum absolute atomic E-state index is 13.0. The van der Waals surface area contributed by atoms with Crippen molar-refractivity contribution in [3.8, 4) is 0 Å². The lowest BCUT2D eigenvalue weighted by Crippen LogP contribution is -2.52. The van der Waals surface area contributed by atoms with Crippen LogP contribution in [0.3, 0.4) is 0 Å². The third-order valence-electron chi connectivity index (χ3n) is 6.27. The number of benzene rings is 1. The first-order chi connectivity index (χ1) is 17.9. The van der Waals surface area contributed by atoms with Gasteiger partial charge in [0.1, 0.15) is 6.54 Å². The standard InChI is InChI=1S/C24H26ClF3N6O4/c1-13-8-29-18-4-3-15(7-17(13)18)9-30-19(35)12-34-14(2)20(25)32-21(22(34)36)31-10-16-11-33(5-6-38-16)23(37)24(26,27)28/h3-4,7-8,16,29H,5-6,9-12H2,1-2H3,(H,30,35)(H,31,32). The van der Waals surface area contributed by atoms with Crippen LogP contribution in [0.4, 0.5) is 19.0 Å². The second-order valence-electron chi connectivity index (χ2n) is 8.98. The zero-order valence-corrected chi connectivity index (χ0v) is 21.4. The fourth-order valence-electron chi connectivity index (χ4n) is 4.16. The van der Waals surface area contributed by atoms with Crippen LogP contribution in [-0.2, 0) is 27.4 Å². The molecule has 1 aliphatic rings. The molecule has 0 radical (unpaired) electrons. The number of hydrogen-bond donors (Lipinski definition) is 3. The number of aromatic amines is 1. The molecule has 1 fully saturated rings. The van der Waals surface area contributed by atoms with Gasteiger partial charge in [0.2, 0.25) is 5.91 Å². The van der Waals surface area contributed by atoms with Crippen molar-refractivity contribution in [1.29, 1.82) is 0 Å². The maximum atomic E-state index is 13.0. The molecule has 4 rings (SSSR count). The molecule has 2 aromatic heterocycles. The molecule has 3 N–H and O–H groups in total. The first-order valence-corrected chi connectivity index (χ1v) is 12.1. The topological polar surface area (TPSA) is 121 Å². The molecule has 38 heavy (non-hydrogen) atoms. The van der Waals surface area contributed by atoms with E-state index >= 15 is 0 Å². The minimum absolute atomic E-state index is 0.0216. The van der Waals surface area contributed by atoms with Gasteiger partial charge in [0, 0.05) is 43.3 Å². The fourth-order valence-corrected chi connectivity index (χ4v) is 4.34. The van der Waals surface area contributed by atoms with Crippen LogP contribution >= 0.6 is 11.6 Å². The molecule has 3 heterocycles. The van der Waals surface area contributed by atoms with Crippen molar-refractivity contribution in [1.82, 2.24) is 24.8 Å².